The molecule has 0 spiro atoms. The first-order chi connectivity index (χ1) is 7.24. The van der Waals surface area contributed by atoms with Crippen LogP contribution in [-0.4, -0.2) is 16.8 Å². The van der Waals surface area contributed by atoms with Crippen LogP contribution in [0.5, 0.6) is 0 Å². The lowest BCUT2D eigenvalue weighted by Gasteiger charge is -2.23. The van der Waals surface area contributed by atoms with Gasteiger partial charge in [-0.1, -0.05) is 24.4 Å². The van der Waals surface area contributed by atoms with Crippen molar-refractivity contribution in [2.75, 3.05) is 7.05 Å². The van der Waals surface area contributed by atoms with Crippen molar-refractivity contribution in [2.24, 2.45) is 13.0 Å². The van der Waals surface area contributed by atoms with Gasteiger partial charge in [0.05, 0.1) is 23.0 Å². The molecule has 2 rings (SSSR count). The van der Waals surface area contributed by atoms with Gasteiger partial charge in [-0.05, 0) is 25.8 Å². The average Bonchev–Trinajstić information content (AvgIpc) is 2.83. The van der Waals surface area contributed by atoms with E-state index in [2.05, 4.69) is 10.4 Å². The minimum absolute atomic E-state index is 0.354. The van der Waals surface area contributed by atoms with E-state index in [0.29, 0.717) is 12.0 Å². The highest BCUT2D eigenvalue weighted by molar-refractivity contribution is 6.31. The van der Waals surface area contributed by atoms with E-state index in [1.54, 1.807) is 6.20 Å². The molecule has 15 heavy (non-hydrogen) atoms. The van der Waals surface area contributed by atoms with Gasteiger partial charge in [0.15, 0.2) is 0 Å². The van der Waals surface area contributed by atoms with Crippen LogP contribution in [0.25, 0.3) is 0 Å². The molecule has 84 valence electrons. The lowest BCUT2D eigenvalue weighted by molar-refractivity contribution is 0.371. The summed E-state index contributed by atoms with van der Waals surface area (Å²) < 4.78 is 1.89. The standard InChI is InChI=1S/C11H18ClN3/c1-13-10(8-5-3-4-6-8)11-9(12)7-14-15(11)2/h7-8,10,13H,3-6H2,1-2H3. The molecule has 1 saturated carbocycles. The summed E-state index contributed by atoms with van der Waals surface area (Å²) in [5.41, 5.74) is 1.13. The van der Waals surface area contributed by atoms with Crippen LogP contribution in [0.3, 0.4) is 0 Å². The second-order valence-electron chi connectivity index (χ2n) is 4.31. The molecule has 0 amide bonds. The summed E-state index contributed by atoms with van der Waals surface area (Å²) >= 11 is 6.17. The second kappa shape index (κ2) is 4.54. The maximum atomic E-state index is 6.17. The largest absolute Gasteiger partial charge is 0.311 e. The first kappa shape index (κ1) is 11.0. The highest BCUT2D eigenvalue weighted by atomic mass is 35.5. The van der Waals surface area contributed by atoms with Crippen LogP contribution >= 0.6 is 11.6 Å². The third kappa shape index (κ3) is 2.04. The molecular formula is C11H18ClN3. The number of hydrogen-bond acceptors (Lipinski definition) is 2. The van der Waals surface area contributed by atoms with E-state index in [1.807, 2.05) is 18.8 Å². The van der Waals surface area contributed by atoms with Crippen molar-refractivity contribution in [3.63, 3.8) is 0 Å². The van der Waals surface area contributed by atoms with Crippen LogP contribution in [0.4, 0.5) is 0 Å². The van der Waals surface area contributed by atoms with Crippen LogP contribution in [0, 0.1) is 5.92 Å². The van der Waals surface area contributed by atoms with Gasteiger partial charge in [0.25, 0.3) is 0 Å². The zero-order valence-electron chi connectivity index (χ0n) is 9.33. The number of rotatable bonds is 3. The number of nitrogens with one attached hydrogen (secondary N) is 1. The van der Waals surface area contributed by atoms with Crippen molar-refractivity contribution >= 4 is 11.6 Å². The average molecular weight is 228 g/mol. The Balaban J connectivity index is 2.25. The molecule has 0 aliphatic heterocycles. The van der Waals surface area contributed by atoms with E-state index >= 15 is 0 Å². The molecule has 0 radical (unpaired) electrons. The lowest BCUT2D eigenvalue weighted by atomic mass is 9.95. The van der Waals surface area contributed by atoms with E-state index in [0.717, 1.165) is 10.7 Å². The Kier molecular flexibility index (Phi) is 3.32. The zero-order valence-corrected chi connectivity index (χ0v) is 10.1. The van der Waals surface area contributed by atoms with Gasteiger partial charge in [-0.25, -0.2) is 0 Å². The Morgan fingerprint density at radius 3 is 2.67 bits per heavy atom. The van der Waals surface area contributed by atoms with E-state index < -0.39 is 0 Å². The third-order valence-corrected chi connectivity index (χ3v) is 3.71. The van der Waals surface area contributed by atoms with Crippen LogP contribution in [0.2, 0.25) is 5.02 Å². The van der Waals surface area contributed by atoms with Gasteiger partial charge in [0.2, 0.25) is 0 Å². The predicted octanol–water partition coefficient (Wildman–Crippen LogP) is 2.52. The fourth-order valence-electron chi connectivity index (χ4n) is 2.66. The smallest absolute Gasteiger partial charge is 0.0834 e. The van der Waals surface area contributed by atoms with Gasteiger partial charge in [0.1, 0.15) is 0 Å². The molecule has 4 heteroatoms. The first-order valence-electron chi connectivity index (χ1n) is 5.58. The van der Waals surface area contributed by atoms with Gasteiger partial charge in [-0.2, -0.15) is 5.10 Å². The van der Waals surface area contributed by atoms with Crippen molar-refractivity contribution in [3.05, 3.63) is 16.9 Å². The summed E-state index contributed by atoms with van der Waals surface area (Å²) in [4.78, 5) is 0. The van der Waals surface area contributed by atoms with Gasteiger partial charge >= 0.3 is 0 Å². The highest BCUT2D eigenvalue weighted by Crippen LogP contribution is 2.37. The Morgan fingerprint density at radius 1 is 1.53 bits per heavy atom. The van der Waals surface area contributed by atoms with Crippen molar-refractivity contribution in [3.8, 4) is 0 Å². The maximum Gasteiger partial charge on any atom is 0.0834 e. The topological polar surface area (TPSA) is 29.9 Å². The molecule has 1 heterocycles. The SMILES string of the molecule is CNC(c1c(Cl)cnn1C)C1CCCC1. The molecule has 1 atom stereocenters. The molecule has 0 bridgehead atoms. The molecule has 1 unspecified atom stereocenters. The molecule has 1 aromatic rings. The molecule has 1 aliphatic carbocycles. The van der Waals surface area contributed by atoms with Crippen molar-refractivity contribution in [2.45, 2.75) is 31.7 Å². The van der Waals surface area contributed by atoms with E-state index in [9.17, 15) is 0 Å². The number of aryl methyl sites for hydroxylation is 1. The monoisotopic (exact) mass is 227 g/mol. The number of aromatic nitrogens is 2. The van der Waals surface area contributed by atoms with Gasteiger partial charge in [0, 0.05) is 7.05 Å². The van der Waals surface area contributed by atoms with E-state index in [4.69, 9.17) is 11.6 Å². The molecule has 3 nitrogen and oxygen atoms in total. The fourth-order valence-corrected chi connectivity index (χ4v) is 2.94. The Bertz CT molecular complexity index is 309. The minimum atomic E-state index is 0.354. The number of halogens is 1. The van der Waals surface area contributed by atoms with Crippen LogP contribution in [0.15, 0.2) is 6.20 Å². The molecule has 1 aliphatic rings. The number of hydrogen-bond donors (Lipinski definition) is 1. The Morgan fingerprint density at radius 2 is 2.20 bits per heavy atom. The van der Waals surface area contributed by atoms with E-state index in [1.165, 1.54) is 25.7 Å². The van der Waals surface area contributed by atoms with Gasteiger partial charge < -0.3 is 5.32 Å². The van der Waals surface area contributed by atoms with E-state index in [-0.39, 0.29) is 0 Å². The molecule has 0 saturated heterocycles. The normalized spacial score (nSPS) is 19.7. The maximum absolute atomic E-state index is 6.17. The second-order valence-corrected chi connectivity index (χ2v) is 4.72. The highest BCUT2D eigenvalue weighted by Gasteiger charge is 2.28. The van der Waals surface area contributed by atoms with Crippen LogP contribution < -0.4 is 5.32 Å². The minimum Gasteiger partial charge on any atom is -0.311 e. The zero-order chi connectivity index (χ0) is 10.8. The summed E-state index contributed by atoms with van der Waals surface area (Å²) in [6, 6.07) is 0.354. The van der Waals surface area contributed by atoms with Gasteiger partial charge in [-0.15, -0.1) is 0 Å². The Hall–Kier alpha value is -0.540. The van der Waals surface area contributed by atoms with Crippen molar-refractivity contribution in [1.29, 1.82) is 0 Å². The molecule has 1 N–H and O–H groups in total. The summed E-state index contributed by atoms with van der Waals surface area (Å²) in [5.74, 6) is 0.711. The van der Waals surface area contributed by atoms with Crippen LogP contribution in [-0.2, 0) is 7.05 Å². The summed E-state index contributed by atoms with van der Waals surface area (Å²) in [6.07, 6.45) is 7.02. The van der Waals surface area contributed by atoms with Crippen LogP contribution in [0.1, 0.15) is 37.4 Å². The molecule has 0 aromatic carbocycles. The van der Waals surface area contributed by atoms with Gasteiger partial charge in [-0.3, -0.25) is 4.68 Å². The number of nitrogens with zero attached hydrogens (tertiary/aromatic N) is 2. The van der Waals surface area contributed by atoms with Crippen molar-refractivity contribution in [1.82, 2.24) is 15.1 Å². The predicted molar refractivity (Wildman–Crippen MR) is 62.0 cm³/mol. The molecule has 1 aromatic heterocycles. The molecular weight excluding hydrogens is 210 g/mol. The summed E-state index contributed by atoms with van der Waals surface area (Å²) in [5, 5.41) is 8.37. The third-order valence-electron chi connectivity index (χ3n) is 3.41. The fraction of sp³-hybridized carbons (Fsp3) is 0.727. The first-order valence-corrected chi connectivity index (χ1v) is 5.96. The lowest BCUT2D eigenvalue weighted by Crippen LogP contribution is -2.26. The Labute approximate surface area is 95.8 Å². The summed E-state index contributed by atoms with van der Waals surface area (Å²) in [7, 11) is 3.97. The summed E-state index contributed by atoms with van der Waals surface area (Å²) in [6.45, 7) is 0. The van der Waals surface area contributed by atoms with Crippen molar-refractivity contribution < 1.29 is 0 Å². The quantitative estimate of drug-likeness (QED) is 0.860. The molecule has 1 fully saturated rings.